The van der Waals surface area contributed by atoms with Crippen molar-refractivity contribution in [3.63, 3.8) is 0 Å². The summed E-state index contributed by atoms with van der Waals surface area (Å²) in [5, 5.41) is 9.30. The van der Waals surface area contributed by atoms with E-state index in [2.05, 4.69) is 9.97 Å². The molecule has 0 radical (unpaired) electrons. The molecule has 432 valence electrons. The lowest BCUT2D eigenvalue weighted by molar-refractivity contribution is 0.0208. The minimum absolute atomic E-state index is 0. The van der Waals surface area contributed by atoms with Crippen LogP contribution in [0.1, 0.15) is 120 Å². The molecule has 0 spiro atoms. The number of likely N-dealkylation sites (tertiary alicyclic amines) is 3. The van der Waals surface area contributed by atoms with Gasteiger partial charge in [-0.15, -0.1) is 11.8 Å². The summed E-state index contributed by atoms with van der Waals surface area (Å²) in [6, 6.07) is 9.52. The van der Waals surface area contributed by atoms with Gasteiger partial charge in [0.25, 0.3) is 0 Å². The van der Waals surface area contributed by atoms with Crippen molar-refractivity contribution in [1.82, 2.24) is 24.7 Å². The molecule has 3 amide bonds. The Morgan fingerprint density at radius 2 is 1.00 bits per heavy atom. The van der Waals surface area contributed by atoms with Crippen LogP contribution < -0.4 is 5.73 Å². The van der Waals surface area contributed by atoms with Crippen molar-refractivity contribution in [3.8, 4) is 5.75 Å². The number of nitrogen functional groups attached to an aromatic ring is 1. The van der Waals surface area contributed by atoms with Crippen LogP contribution in [0.15, 0.2) is 59.9 Å². The van der Waals surface area contributed by atoms with E-state index in [4.69, 9.17) is 63.6 Å². The van der Waals surface area contributed by atoms with Gasteiger partial charge in [-0.25, -0.2) is 41.2 Å². The molecule has 0 bridgehead atoms. The van der Waals surface area contributed by atoms with E-state index >= 15 is 0 Å². The summed E-state index contributed by atoms with van der Waals surface area (Å²) in [5.74, 6) is 0.433. The highest BCUT2D eigenvalue weighted by atomic mass is 35.5. The number of nitrogens with two attached hydrogens (primary N) is 1. The third-order valence-electron chi connectivity index (χ3n) is 12.1. The number of ether oxygens (including phenoxy) is 3. The quantitative estimate of drug-likeness (QED) is 0.0910. The fourth-order valence-electron chi connectivity index (χ4n) is 8.71. The van der Waals surface area contributed by atoms with Crippen LogP contribution in [0, 0.1) is 13.8 Å². The van der Waals surface area contributed by atoms with Crippen LogP contribution in [0.25, 0.3) is 22.2 Å². The summed E-state index contributed by atoms with van der Waals surface area (Å²) in [6.07, 6.45) is 2.49. The highest BCUT2D eigenvalue weighted by molar-refractivity contribution is 8.00. The molecule has 78 heavy (non-hydrogen) atoms. The van der Waals surface area contributed by atoms with Crippen LogP contribution in [-0.4, -0.2) is 137 Å². The number of aromatic nitrogens is 2. The van der Waals surface area contributed by atoms with Crippen molar-refractivity contribution < 1.29 is 59.4 Å². The largest absolute Gasteiger partial charge is 0.504 e. The number of carbonyl (C=O) groups is 3. The SMILES string of the molecule is C.CC(C)(C)OC(=O)N1CCC[C@H](S(=O)(=O)c2c(Cl)ccc(N)c2O)C1.Cc1nc2ccc(Cl)c(S(=O)(=O)[C@H]3CCCN(C(=O)OC(C)(C)C)C3)c2o1.Cc1nc2ccc(Cl)c(S[C@H]3CCCN(C(=O)OC(C)(C)C)C3)c2o1. The van der Waals surface area contributed by atoms with Gasteiger partial charge in [0.05, 0.1) is 36.2 Å². The molecule has 2 aromatic heterocycles. The summed E-state index contributed by atoms with van der Waals surface area (Å²) in [5.41, 5.74) is 5.88. The van der Waals surface area contributed by atoms with Gasteiger partial charge in [-0.3, -0.25) is 0 Å². The van der Waals surface area contributed by atoms with Gasteiger partial charge in [0.1, 0.15) is 37.6 Å². The number of carbonyl (C=O) groups excluding carboxylic acids is 3. The number of piperidine rings is 3. The first-order valence-electron chi connectivity index (χ1n) is 25.1. The zero-order valence-electron chi connectivity index (χ0n) is 45.2. The van der Waals surface area contributed by atoms with Gasteiger partial charge in [-0.2, -0.15) is 0 Å². The molecule has 3 aliphatic heterocycles. The number of amides is 3. The maximum Gasteiger partial charge on any atom is 0.410 e. The summed E-state index contributed by atoms with van der Waals surface area (Å²) >= 11 is 20.3. The van der Waals surface area contributed by atoms with Crippen LogP contribution >= 0.6 is 46.6 Å². The molecule has 19 nitrogen and oxygen atoms in total. The number of aromatic hydroxyl groups is 1. The molecule has 25 heteroatoms. The number of anilines is 1. The minimum Gasteiger partial charge on any atom is -0.504 e. The summed E-state index contributed by atoms with van der Waals surface area (Å²) in [6.45, 7) is 21.9. The molecule has 5 heterocycles. The monoisotopic (exact) mass is 1200 g/mol. The van der Waals surface area contributed by atoms with Crippen molar-refractivity contribution in [2.75, 3.05) is 45.0 Å². The van der Waals surface area contributed by atoms with Gasteiger partial charge < -0.3 is 48.6 Å². The van der Waals surface area contributed by atoms with Gasteiger partial charge in [-0.05, 0) is 137 Å². The van der Waals surface area contributed by atoms with Crippen molar-refractivity contribution in [2.45, 2.75) is 169 Å². The average molecular weight is 1200 g/mol. The van der Waals surface area contributed by atoms with Crippen LogP contribution in [0.4, 0.5) is 20.1 Å². The number of thioether (sulfide) groups is 1. The second kappa shape index (κ2) is 25.3. The van der Waals surface area contributed by atoms with Crippen molar-refractivity contribution in [1.29, 1.82) is 0 Å². The Morgan fingerprint density at radius 3 is 1.47 bits per heavy atom. The van der Waals surface area contributed by atoms with Crippen LogP contribution in [0.5, 0.6) is 5.75 Å². The molecule has 3 saturated heterocycles. The first-order chi connectivity index (χ1) is 35.6. The third kappa shape index (κ3) is 16.2. The predicted octanol–water partition coefficient (Wildman–Crippen LogP) is 12.7. The van der Waals surface area contributed by atoms with Crippen LogP contribution in [-0.2, 0) is 33.9 Å². The summed E-state index contributed by atoms with van der Waals surface area (Å²) < 4.78 is 80.0. The van der Waals surface area contributed by atoms with Gasteiger partial charge in [0.15, 0.2) is 48.4 Å². The molecule has 5 aromatic rings. The molecule has 0 aliphatic carbocycles. The Hall–Kier alpha value is -4.87. The number of nitrogens with zero attached hydrogens (tertiary/aromatic N) is 5. The molecule has 3 fully saturated rings. The second-order valence-electron chi connectivity index (χ2n) is 22.0. The Morgan fingerprint density at radius 1 is 0.615 bits per heavy atom. The Bertz CT molecular complexity index is 3210. The van der Waals surface area contributed by atoms with Gasteiger partial charge in [0, 0.05) is 58.4 Å². The first kappa shape index (κ1) is 64.0. The lowest BCUT2D eigenvalue weighted by atomic mass is 10.1. The first-order valence-corrected chi connectivity index (χ1v) is 30.2. The number of oxazole rings is 2. The number of hydrogen-bond acceptors (Lipinski definition) is 17. The van der Waals surface area contributed by atoms with Crippen LogP contribution in [0.3, 0.4) is 0 Å². The zero-order chi connectivity index (χ0) is 57.2. The highest BCUT2D eigenvalue weighted by Gasteiger charge is 2.40. The van der Waals surface area contributed by atoms with Crippen molar-refractivity contribution >= 4 is 112 Å². The zero-order valence-corrected chi connectivity index (χ0v) is 49.9. The summed E-state index contributed by atoms with van der Waals surface area (Å²) in [7, 11) is -7.80. The lowest BCUT2D eigenvalue weighted by Crippen LogP contribution is -2.47. The minimum atomic E-state index is -3.97. The van der Waals surface area contributed by atoms with Gasteiger partial charge in [-0.1, -0.05) is 42.2 Å². The Balaban J connectivity index is 0.000000214. The standard InChI is InChI=1S/C18H23ClN2O5S.C18H23ClN2O3S.C16H23ClN2O5S.CH4/c1-11-20-14-8-7-13(19)16(15(14)25-11)27(23,24)12-6-5-9-21(10-12)17(22)26-18(2,3)4;1-11-20-14-8-7-13(19)16(15(14)23-11)25-12-6-5-9-21(10-12)17(22)24-18(2,3)4;1-16(2,3)24-15(21)19-8-4-5-10(9-19)25(22,23)14-11(17)6-7-12(18)13(14)20;/h7-8,12H,5-6,9-10H2,1-4H3;7-8,12H,5-6,9-10H2,1-4H3;6-7,10,20H,4-5,8-9,18H2,1-3H3;1H4/t2*12-;10-;/m000./s1. The fraction of sp³-hybridized carbons (Fsp3) is 0.566. The number of sulfone groups is 2. The van der Waals surface area contributed by atoms with E-state index < -0.39 is 64.9 Å². The highest BCUT2D eigenvalue weighted by Crippen LogP contribution is 2.41. The van der Waals surface area contributed by atoms with Gasteiger partial charge in [0.2, 0.25) is 0 Å². The number of aryl methyl sites for hydroxylation is 2. The molecule has 3 N–H and O–H groups in total. The number of fused-ring (bicyclic) bond motifs is 2. The molecule has 3 aliphatic rings. The molecular weight excluding hydrogens is 1130 g/mol. The molecule has 3 atom stereocenters. The Labute approximate surface area is 477 Å². The second-order valence-corrected chi connectivity index (χ2v) is 28.9. The number of rotatable bonds is 6. The molecule has 3 aromatic carbocycles. The van der Waals surface area contributed by atoms with E-state index in [0.29, 0.717) is 67.6 Å². The Kier molecular flexibility index (Phi) is 20.7. The number of phenolic OH excluding ortho intramolecular Hbond substituents is 1. The number of benzene rings is 3. The molecule has 0 saturated carbocycles. The lowest BCUT2D eigenvalue weighted by Gasteiger charge is -2.34. The fourth-order valence-corrected chi connectivity index (χ4v) is 15.1. The number of hydrogen-bond donors (Lipinski definition) is 2. The van der Waals surface area contributed by atoms with E-state index in [0.717, 1.165) is 35.4 Å². The maximum atomic E-state index is 13.3. The van der Waals surface area contributed by atoms with E-state index in [1.807, 2.05) is 39.8 Å². The van der Waals surface area contributed by atoms with Crippen molar-refractivity contribution in [2.24, 2.45) is 0 Å². The third-order valence-corrected chi connectivity index (χ3v) is 19.2. The summed E-state index contributed by atoms with van der Waals surface area (Å²) in [4.78, 5) is 50.5. The predicted molar refractivity (Wildman–Crippen MR) is 304 cm³/mol. The van der Waals surface area contributed by atoms with Gasteiger partial charge >= 0.3 is 18.3 Å². The number of halogens is 3. The number of phenols is 1. The molecule has 8 rings (SSSR count). The van der Waals surface area contributed by atoms with E-state index in [-0.39, 0.29) is 63.0 Å². The topological polar surface area (TPSA) is 255 Å². The van der Waals surface area contributed by atoms with Crippen LogP contribution in [0.2, 0.25) is 15.1 Å². The molecule has 0 unspecified atom stereocenters. The van der Waals surface area contributed by atoms with E-state index in [1.54, 1.807) is 71.2 Å². The van der Waals surface area contributed by atoms with E-state index in [9.17, 15) is 36.3 Å². The van der Waals surface area contributed by atoms with E-state index in [1.165, 1.54) is 28.0 Å². The van der Waals surface area contributed by atoms with Crippen molar-refractivity contribution in [3.05, 3.63) is 63.2 Å². The average Bonchev–Trinajstić information content (AvgIpc) is 3.91. The smallest absolute Gasteiger partial charge is 0.410 e. The maximum absolute atomic E-state index is 13.3. The normalized spacial score (nSPS) is 18.5. The molecular formula is C53H73Cl3N6O13S3.